The van der Waals surface area contributed by atoms with Crippen LogP contribution in [-0.4, -0.2) is 17.8 Å². The molecule has 0 saturated carbocycles. The van der Waals surface area contributed by atoms with Crippen molar-refractivity contribution in [2.75, 3.05) is 12.0 Å². The predicted molar refractivity (Wildman–Crippen MR) is 91.8 cm³/mol. The molecule has 0 aliphatic heterocycles. The Morgan fingerprint density at radius 1 is 1.24 bits per heavy atom. The van der Waals surface area contributed by atoms with Gasteiger partial charge in [0.1, 0.15) is 0 Å². The lowest BCUT2D eigenvalue weighted by Crippen LogP contribution is -2.03. The number of carboxylic acid groups (broad SMARTS) is 1. The van der Waals surface area contributed by atoms with Crippen LogP contribution in [0.5, 0.6) is 11.5 Å². The Bertz CT molecular complexity index is 740. The molecule has 0 amide bonds. The first kappa shape index (κ1) is 20.7. The molecule has 0 heterocycles. The highest BCUT2D eigenvalue weighted by Crippen LogP contribution is 2.38. The lowest BCUT2D eigenvalue weighted by molar-refractivity contribution is -0.122. The number of nitrogens with two attached hydrogens (primary N) is 1. The van der Waals surface area contributed by atoms with Gasteiger partial charge in [0.2, 0.25) is 11.6 Å². The number of thioether (sulfide) groups is 1. The van der Waals surface area contributed by atoms with Crippen LogP contribution in [0.25, 0.3) is 0 Å². The van der Waals surface area contributed by atoms with E-state index >= 15 is 0 Å². The van der Waals surface area contributed by atoms with Gasteiger partial charge in [-0.15, -0.1) is 11.8 Å². The normalized spacial score (nSPS) is 10.0. The van der Waals surface area contributed by atoms with Crippen molar-refractivity contribution in [1.29, 1.82) is 0 Å². The van der Waals surface area contributed by atoms with Crippen molar-refractivity contribution < 1.29 is 27.8 Å². The zero-order valence-electron chi connectivity index (χ0n) is 13.9. The van der Waals surface area contributed by atoms with E-state index in [1.807, 2.05) is 6.92 Å². The van der Waals surface area contributed by atoms with Gasteiger partial charge in [0.15, 0.2) is 17.4 Å². The molecule has 2 aromatic rings. The maximum Gasteiger partial charge on any atom is 0.290 e. The number of halogens is 3. The first-order chi connectivity index (χ1) is 11.8. The molecule has 0 unspecified atom stereocenters. The summed E-state index contributed by atoms with van der Waals surface area (Å²) in [6, 6.07) is 4.91. The van der Waals surface area contributed by atoms with Gasteiger partial charge >= 0.3 is 0 Å². The van der Waals surface area contributed by atoms with E-state index in [-0.39, 0.29) is 28.4 Å². The van der Waals surface area contributed by atoms with Gasteiger partial charge < -0.3 is 15.6 Å². The highest BCUT2D eigenvalue weighted by Gasteiger charge is 2.24. The Morgan fingerprint density at radius 2 is 1.84 bits per heavy atom. The van der Waals surface area contributed by atoms with Crippen molar-refractivity contribution in [2.24, 2.45) is 0 Å². The standard InChI is InChI=1S/C16H16F3NOS.CH2O2/c1-4-9-5-6-11(10(20)7-9)21-15-12(17)8(2)16(22-3)14(19)13(15)18;2-1-3/h5-7H,4,20H2,1-3H3;1H,(H,2,3). The van der Waals surface area contributed by atoms with Crippen LogP contribution >= 0.6 is 11.8 Å². The Morgan fingerprint density at radius 3 is 2.32 bits per heavy atom. The molecule has 3 N–H and O–H groups in total. The van der Waals surface area contributed by atoms with Crippen molar-refractivity contribution in [2.45, 2.75) is 25.2 Å². The van der Waals surface area contributed by atoms with Crippen LogP contribution in [0.15, 0.2) is 23.1 Å². The summed E-state index contributed by atoms with van der Waals surface area (Å²) in [7, 11) is 0. The largest absolute Gasteiger partial charge is 0.483 e. The number of nitrogen functional groups attached to an aromatic ring is 1. The van der Waals surface area contributed by atoms with E-state index in [9.17, 15) is 13.2 Å². The third kappa shape index (κ3) is 4.60. The van der Waals surface area contributed by atoms with Gasteiger partial charge in [-0.3, -0.25) is 4.79 Å². The van der Waals surface area contributed by atoms with E-state index in [4.69, 9.17) is 20.4 Å². The molecule has 0 aliphatic rings. The fraction of sp³-hybridized carbons (Fsp3) is 0.235. The second-order valence-corrected chi connectivity index (χ2v) is 5.68. The van der Waals surface area contributed by atoms with E-state index in [1.165, 1.54) is 13.0 Å². The second kappa shape index (κ2) is 9.22. The van der Waals surface area contributed by atoms with Crippen LogP contribution in [0.1, 0.15) is 18.1 Å². The SMILES string of the molecule is CCc1ccc(Oc2c(F)c(C)c(SC)c(F)c2F)c(N)c1.O=CO. The summed E-state index contributed by atoms with van der Waals surface area (Å²) in [5, 5.41) is 6.89. The third-order valence-electron chi connectivity index (χ3n) is 3.36. The topological polar surface area (TPSA) is 72.5 Å². The maximum atomic E-state index is 14.3. The minimum atomic E-state index is -1.36. The van der Waals surface area contributed by atoms with Crippen LogP contribution in [0.4, 0.5) is 18.9 Å². The fourth-order valence-corrected chi connectivity index (χ4v) is 2.75. The number of anilines is 1. The zero-order chi connectivity index (χ0) is 19.1. The van der Waals surface area contributed by atoms with E-state index < -0.39 is 23.2 Å². The lowest BCUT2D eigenvalue weighted by Gasteiger charge is -2.15. The summed E-state index contributed by atoms with van der Waals surface area (Å²) in [5.74, 6) is -4.09. The summed E-state index contributed by atoms with van der Waals surface area (Å²) < 4.78 is 47.5. The second-order valence-electron chi connectivity index (χ2n) is 4.86. The van der Waals surface area contributed by atoms with Crippen molar-refractivity contribution in [1.82, 2.24) is 0 Å². The number of carbonyl (C=O) groups is 1. The van der Waals surface area contributed by atoms with Gasteiger partial charge in [-0.1, -0.05) is 13.0 Å². The smallest absolute Gasteiger partial charge is 0.290 e. The van der Waals surface area contributed by atoms with Crippen LogP contribution in [0, 0.1) is 24.4 Å². The number of aryl methyl sites for hydroxylation is 1. The Kier molecular flexibility index (Phi) is 7.63. The number of ether oxygens (including phenoxy) is 1. The van der Waals surface area contributed by atoms with Gasteiger partial charge in [0.05, 0.1) is 10.6 Å². The van der Waals surface area contributed by atoms with E-state index in [0.717, 1.165) is 23.7 Å². The van der Waals surface area contributed by atoms with Crippen molar-refractivity contribution in [3.8, 4) is 11.5 Å². The quantitative estimate of drug-likeness (QED) is 0.349. The minimum absolute atomic E-state index is 0.00477. The first-order valence-corrected chi connectivity index (χ1v) is 8.39. The third-order valence-corrected chi connectivity index (χ3v) is 4.25. The molecule has 0 bridgehead atoms. The Hall–Kier alpha value is -2.35. The molecule has 0 spiro atoms. The molecule has 0 aromatic heterocycles. The van der Waals surface area contributed by atoms with E-state index in [1.54, 1.807) is 18.4 Å². The monoisotopic (exact) mass is 373 g/mol. The van der Waals surface area contributed by atoms with Crippen LogP contribution in [0.3, 0.4) is 0 Å². The van der Waals surface area contributed by atoms with Gasteiger partial charge in [-0.05, 0) is 37.3 Å². The zero-order valence-corrected chi connectivity index (χ0v) is 14.7. The molecule has 2 aromatic carbocycles. The number of rotatable bonds is 4. The van der Waals surface area contributed by atoms with Crippen molar-refractivity contribution in [3.63, 3.8) is 0 Å². The van der Waals surface area contributed by atoms with Crippen LogP contribution < -0.4 is 10.5 Å². The van der Waals surface area contributed by atoms with Gasteiger partial charge in [0, 0.05) is 5.56 Å². The number of hydrogen-bond donors (Lipinski definition) is 2. The van der Waals surface area contributed by atoms with E-state index in [2.05, 4.69) is 0 Å². The molecule has 4 nitrogen and oxygen atoms in total. The molecule has 0 radical (unpaired) electrons. The maximum absolute atomic E-state index is 14.3. The summed E-state index contributed by atoms with van der Waals surface area (Å²) in [4.78, 5) is 8.29. The lowest BCUT2D eigenvalue weighted by atomic mass is 10.1. The van der Waals surface area contributed by atoms with Gasteiger partial charge in [0.25, 0.3) is 6.47 Å². The molecular formula is C17H18F3NO3S. The average Bonchev–Trinajstić information content (AvgIpc) is 2.59. The average molecular weight is 373 g/mol. The molecule has 0 saturated heterocycles. The summed E-state index contributed by atoms with van der Waals surface area (Å²) in [6.07, 6.45) is 2.32. The highest BCUT2D eigenvalue weighted by molar-refractivity contribution is 7.98. The molecule has 8 heteroatoms. The van der Waals surface area contributed by atoms with Gasteiger partial charge in [-0.2, -0.15) is 4.39 Å². The molecule has 0 atom stereocenters. The van der Waals surface area contributed by atoms with E-state index in [0.29, 0.717) is 0 Å². The summed E-state index contributed by atoms with van der Waals surface area (Å²) >= 11 is 0.938. The number of hydrogen-bond acceptors (Lipinski definition) is 4. The Labute approximate surface area is 147 Å². The number of benzene rings is 2. The van der Waals surface area contributed by atoms with Crippen LogP contribution in [0.2, 0.25) is 0 Å². The molecular weight excluding hydrogens is 355 g/mol. The molecule has 136 valence electrons. The molecule has 0 fully saturated rings. The van der Waals surface area contributed by atoms with Gasteiger partial charge in [-0.25, -0.2) is 8.78 Å². The first-order valence-electron chi connectivity index (χ1n) is 7.17. The summed E-state index contributed by atoms with van der Waals surface area (Å²) in [6.45, 7) is 3.08. The fourth-order valence-electron chi connectivity index (χ4n) is 2.08. The summed E-state index contributed by atoms with van der Waals surface area (Å²) in [5.41, 5.74) is 7.02. The van der Waals surface area contributed by atoms with Crippen molar-refractivity contribution >= 4 is 23.9 Å². The molecule has 0 aliphatic carbocycles. The predicted octanol–water partition coefficient (Wildman–Crippen LogP) is 4.77. The highest BCUT2D eigenvalue weighted by atomic mass is 32.2. The van der Waals surface area contributed by atoms with Crippen LogP contribution in [-0.2, 0) is 11.2 Å². The van der Waals surface area contributed by atoms with Crippen molar-refractivity contribution in [3.05, 3.63) is 46.8 Å². The Balaban J connectivity index is 0.000000970. The molecule has 25 heavy (non-hydrogen) atoms. The minimum Gasteiger partial charge on any atom is -0.483 e. The molecule has 2 rings (SSSR count).